The van der Waals surface area contributed by atoms with Crippen molar-refractivity contribution < 1.29 is 24.2 Å². The molecule has 0 aliphatic carbocycles. The van der Waals surface area contributed by atoms with Gasteiger partial charge in [0.25, 0.3) is 5.91 Å². The van der Waals surface area contributed by atoms with Crippen molar-refractivity contribution in [3.63, 3.8) is 0 Å². The summed E-state index contributed by atoms with van der Waals surface area (Å²) in [5, 5.41) is 21.8. The van der Waals surface area contributed by atoms with Crippen LogP contribution in [-0.2, 0) is 4.79 Å². The largest absolute Gasteiger partial charge is 0.489 e. The lowest BCUT2D eigenvalue weighted by Gasteiger charge is -2.32. The molecule has 1 aromatic carbocycles. The Morgan fingerprint density at radius 1 is 1.18 bits per heavy atom. The number of aromatic nitrogens is 3. The predicted molar refractivity (Wildman–Crippen MR) is 142 cm³/mol. The zero-order valence-corrected chi connectivity index (χ0v) is 21.9. The summed E-state index contributed by atoms with van der Waals surface area (Å²) in [6.07, 6.45) is 2.68. The summed E-state index contributed by atoms with van der Waals surface area (Å²) >= 11 is 0. The molecule has 0 spiro atoms. The first-order valence-electron chi connectivity index (χ1n) is 12.3. The van der Waals surface area contributed by atoms with Crippen molar-refractivity contribution in [2.24, 2.45) is 0 Å². The molecule has 4 rings (SSSR count). The number of carbonyl (C=O) groups is 2. The fourth-order valence-electron chi connectivity index (χ4n) is 4.15. The smallest absolute Gasteiger partial charge is 0.258 e. The maximum absolute atomic E-state index is 12.3. The summed E-state index contributed by atoms with van der Waals surface area (Å²) in [7, 11) is 4.74. The van der Waals surface area contributed by atoms with Gasteiger partial charge in [-0.25, -0.2) is 9.97 Å². The van der Waals surface area contributed by atoms with Crippen molar-refractivity contribution in [2.45, 2.75) is 18.9 Å². The number of amides is 2. The number of likely N-dealkylation sites (tertiary alicyclic amines) is 1. The van der Waals surface area contributed by atoms with E-state index >= 15 is 0 Å². The number of anilines is 2. The Hall–Kier alpha value is -4.76. The molecule has 2 N–H and O–H groups in total. The second-order valence-electron chi connectivity index (χ2n) is 9.02. The number of pyridine rings is 1. The molecule has 12 nitrogen and oxygen atoms in total. The fraction of sp³-hybridized carbons (Fsp3) is 0.333. The molecule has 1 aliphatic heterocycles. The number of aliphatic hydroxyl groups is 1. The Kier molecular flexibility index (Phi) is 8.53. The van der Waals surface area contributed by atoms with Crippen LogP contribution in [0.4, 0.5) is 11.8 Å². The highest BCUT2D eigenvalue weighted by Crippen LogP contribution is 2.29. The zero-order chi connectivity index (χ0) is 27.9. The normalized spacial score (nSPS) is 13.4. The van der Waals surface area contributed by atoms with E-state index in [0.717, 1.165) is 0 Å². The van der Waals surface area contributed by atoms with Crippen molar-refractivity contribution in [2.75, 3.05) is 46.2 Å². The summed E-state index contributed by atoms with van der Waals surface area (Å²) in [6, 6.07) is 12.4. The minimum absolute atomic E-state index is 0.135. The van der Waals surface area contributed by atoms with Crippen LogP contribution in [0.15, 0.2) is 42.6 Å². The molecular weight excluding hydrogens is 502 g/mol. The van der Waals surface area contributed by atoms with Crippen molar-refractivity contribution >= 4 is 23.6 Å². The van der Waals surface area contributed by atoms with Crippen LogP contribution in [0.25, 0.3) is 11.3 Å². The van der Waals surface area contributed by atoms with E-state index in [-0.39, 0.29) is 29.7 Å². The van der Waals surface area contributed by atoms with E-state index in [0.29, 0.717) is 59.9 Å². The quantitative estimate of drug-likeness (QED) is 0.442. The van der Waals surface area contributed by atoms with E-state index in [1.807, 2.05) is 6.07 Å². The average molecular weight is 532 g/mol. The number of carbonyl (C=O) groups excluding carboxylic acids is 2. The van der Waals surface area contributed by atoms with Gasteiger partial charge in [-0.15, -0.1) is 0 Å². The summed E-state index contributed by atoms with van der Waals surface area (Å²) in [4.78, 5) is 40.2. The number of rotatable bonds is 8. The first kappa shape index (κ1) is 27.3. The number of nitrogens with one attached hydrogen (secondary N) is 1. The third-order valence-corrected chi connectivity index (χ3v) is 6.21. The van der Waals surface area contributed by atoms with Gasteiger partial charge >= 0.3 is 0 Å². The Morgan fingerprint density at radius 3 is 2.62 bits per heavy atom. The highest BCUT2D eigenvalue weighted by molar-refractivity contribution is 5.96. The molecule has 2 aromatic heterocycles. The maximum atomic E-state index is 12.3. The number of piperidine rings is 1. The molecule has 0 radical (unpaired) electrons. The number of ether oxygens (including phenoxy) is 2. The second kappa shape index (κ2) is 12.2. The second-order valence-corrected chi connectivity index (χ2v) is 9.02. The molecular formula is C27H29N7O5. The Bertz CT molecular complexity index is 1400. The minimum Gasteiger partial charge on any atom is -0.489 e. The van der Waals surface area contributed by atoms with Crippen molar-refractivity contribution in [3.8, 4) is 29.0 Å². The summed E-state index contributed by atoms with van der Waals surface area (Å²) in [5.41, 5.74) is 1.98. The lowest BCUT2D eigenvalue weighted by atomic mass is 10.1. The van der Waals surface area contributed by atoms with Gasteiger partial charge in [0.2, 0.25) is 17.7 Å². The fourth-order valence-corrected chi connectivity index (χ4v) is 4.15. The van der Waals surface area contributed by atoms with Gasteiger partial charge < -0.3 is 29.7 Å². The molecule has 1 fully saturated rings. The van der Waals surface area contributed by atoms with E-state index in [2.05, 4.69) is 26.3 Å². The molecule has 1 saturated heterocycles. The first-order chi connectivity index (χ1) is 18.8. The van der Waals surface area contributed by atoms with Gasteiger partial charge in [-0.1, -0.05) is 0 Å². The van der Waals surface area contributed by atoms with Crippen LogP contribution in [-0.4, -0.2) is 88.7 Å². The number of benzene rings is 1. The van der Waals surface area contributed by atoms with Gasteiger partial charge in [0, 0.05) is 51.8 Å². The average Bonchev–Trinajstić information content (AvgIpc) is 2.97. The lowest BCUT2D eigenvalue weighted by molar-refractivity contribution is -0.135. The molecule has 0 atom stereocenters. The standard InChI is InChI=1S/C27H29N7O5/c1-33(2)26(37)20-5-7-23(31-25(20)38-3)32-27-29-11-8-21(30-27)17-4-6-22(18(14-17)15-28)39-19-9-12-34(13-10-19)24(36)16-35/h4-8,11,14,19,35H,9-10,12-13,16H2,1-3H3,(H,29,30,31,32). The van der Waals surface area contributed by atoms with E-state index in [9.17, 15) is 14.9 Å². The van der Waals surface area contributed by atoms with E-state index in [4.69, 9.17) is 14.6 Å². The number of hydrogen-bond acceptors (Lipinski definition) is 10. The molecule has 0 bridgehead atoms. The van der Waals surface area contributed by atoms with Crippen LogP contribution >= 0.6 is 0 Å². The van der Waals surface area contributed by atoms with Crippen molar-refractivity contribution in [1.29, 1.82) is 5.26 Å². The van der Waals surface area contributed by atoms with Gasteiger partial charge in [-0.05, 0) is 36.4 Å². The molecule has 39 heavy (non-hydrogen) atoms. The molecule has 3 heterocycles. The molecule has 12 heteroatoms. The van der Waals surface area contributed by atoms with Crippen molar-refractivity contribution in [3.05, 3.63) is 53.7 Å². The number of nitriles is 1. The summed E-state index contributed by atoms with van der Waals surface area (Å²) in [6.45, 7) is 0.493. The van der Waals surface area contributed by atoms with Crippen LogP contribution in [0.2, 0.25) is 0 Å². The van der Waals surface area contributed by atoms with E-state index in [1.165, 1.54) is 12.0 Å². The van der Waals surface area contributed by atoms with Crippen LogP contribution in [0.1, 0.15) is 28.8 Å². The molecule has 0 unspecified atom stereocenters. The third kappa shape index (κ3) is 6.39. The number of methoxy groups -OCH3 is 1. The Labute approximate surface area is 225 Å². The summed E-state index contributed by atoms with van der Waals surface area (Å²) < 4.78 is 11.4. The Balaban J connectivity index is 1.48. The van der Waals surface area contributed by atoms with E-state index in [1.54, 1.807) is 55.5 Å². The zero-order valence-electron chi connectivity index (χ0n) is 21.9. The highest BCUT2D eigenvalue weighted by atomic mass is 16.5. The van der Waals surface area contributed by atoms with Gasteiger partial charge in [-0.2, -0.15) is 10.2 Å². The van der Waals surface area contributed by atoms with Crippen molar-refractivity contribution in [1.82, 2.24) is 24.8 Å². The van der Waals surface area contributed by atoms with Gasteiger partial charge in [-0.3, -0.25) is 9.59 Å². The lowest BCUT2D eigenvalue weighted by Crippen LogP contribution is -2.42. The number of nitrogens with zero attached hydrogens (tertiary/aromatic N) is 6. The van der Waals surface area contributed by atoms with Crippen LogP contribution in [0.5, 0.6) is 11.6 Å². The minimum atomic E-state index is -0.499. The molecule has 3 aromatic rings. The molecule has 0 saturated carbocycles. The molecule has 1 aliphatic rings. The number of hydrogen-bond donors (Lipinski definition) is 2. The topological polar surface area (TPSA) is 154 Å². The van der Waals surface area contributed by atoms with Gasteiger partial charge in [0.05, 0.1) is 18.4 Å². The predicted octanol–water partition coefficient (Wildman–Crippen LogP) is 2.23. The highest BCUT2D eigenvalue weighted by Gasteiger charge is 2.24. The van der Waals surface area contributed by atoms with Crippen LogP contribution in [0.3, 0.4) is 0 Å². The van der Waals surface area contributed by atoms with Gasteiger partial charge in [0.15, 0.2) is 0 Å². The Morgan fingerprint density at radius 2 is 1.95 bits per heavy atom. The van der Waals surface area contributed by atoms with Gasteiger partial charge in [0.1, 0.15) is 35.9 Å². The van der Waals surface area contributed by atoms with E-state index < -0.39 is 6.61 Å². The maximum Gasteiger partial charge on any atom is 0.258 e. The third-order valence-electron chi connectivity index (χ3n) is 6.21. The number of aliphatic hydroxyl groups excluding tert-OH is 1. The molecule has 2 amide bonds. The van der Waals surface area contributed by atoms with Crippen LogP contribution in [0, 0.1) is 11.3 Å². The summed E-state index contributed by atoms with van der Waals surface area (Å²) in [5.74, 6) is 0.788. The SMILES string of the molecule is COc1nc(Nc2nccc(-c3ccc(OC4CCN(C(=O)CO)CC4)c(C#N)c3)n2)ccc1C(=O)N(C)C. The monoisotopic (exact) mass is 531 g/mol. The molecule has 202 valence electrons. The first-order valence-corrected chi connectivity index (χ1v) is 12.3. The van der Waals surface area contributed by atoms with Crippen LogP contribution < -0.4 is 14.8 Å².